The number of hydrogen-bond donors (Lipinski definition) is 0. The van der Waals surface area contributed by atoms with Gasteiger partial charge in [0.1, 0.15) is 0 Å². The van der Waals surface area contributed by atoms with Gasteiger partial charge in [0.05, 0.1) is 11.1 Å². The Bertz CT molecular complexity index is 883. The predicted molar refractivity (Wildman–Crippen MR) is 104 cm³/mol. The number of fused-ring (bicyclic) bond motifs is 2. The molecule has 0 saturated carbocycles. The van der Waals surface area contributed by atoms with E-state index in [1.165, 1.54) is 0 Å². The maximum absolute atomic E-state index is 12.9. The summed E-state index contributed by atoms with van der Waals surface area (Å²) < 4.78 is 5.52. The van der Waals surface area contributed by atoms with E-state index in [4.69, 9.17) is 9.72 Å². The van der Waals surface area contributed by atoms with Gasteiger partial charge in [0, 0.05) is 23.2 Å². The van der Waals surface area contributed by atoms with Gasteiger partial charge >= 0.3 is 5.97 Å². The van der Waals surface area contributed by atoms with Crippen LogP contribution in [0.2, 0.25) is 0 Å². The first kappa shape index (κ1) is 18.0. The highest BCUT2D eigenvalue weighted by Gasteiger charge is 2.30. The molecule has 1 aliphatic heterocycles. The molecule has 4 rings (SSSR count). The molecule has 0 unspecified atom stereocenters. The largest absolute Gasteiger partial charge is 0.452 e. The number of rotatable bonds is 3. The fourth-order valence-electron chi connectivity index (χ4n) is 4.63. The minimum atomic E-state index is -0.405. The summed E-state index contributed by atoms with van der Waals surface area (Å²) in [7, 11) is 0. The highest BCUT2D eigenvalue weighted by Crippen LogP contribution is 2.30. The molecule has 1 saturated heterocycles. The van der Waals surface area contributed by atoms with Gasteiger partial charge in [0.15, 0.2) is 6.61 Å². The van der Waals surface area contributed by atoms with E-state index >= 15 is 0 Å². The van der Waals surface area contributed by atoms with Crippen LogP contribution in [0.15, 0.2) is 24.3 Å². The molecule has 142 valence electrons. The van der Waals surface area contributed by atoms with Gasteiger partial charge in [-0.05, 0) is 64.0 Å². The highest BCUT2D eigenvalue weighted by atomic mass is 16.5. The molecule has 0 spiro atoms. The van der Waals surface area contributed by atoms with Crippen molar-refractivity contribution >= 4 is 22.8 Å². The molecule has 0 N–H and O–H groups in total. The summed E-state index contributed by atoms with van der Waals surface area (Å²) in [5.41, 5.74) is 3.39. The van der Waals surface area contributed by atoms with Gasteiger partial charge in [-0.2, -0.15) is 0 Å². The zero-order chi connectivity index (χ0) is 19.0. The topological polar surface area (TPSA) is 59.5 Å². The Morgan fingerprint density at radius 3 is 2.63 bits per heavy atom. The number of hydrogen-bond acceptors (Lipinski definition) is 4. The second-order valence-corrected chi connectivity index (χ2v) is 7.79. The van der Waals surface area contributed by atoms with Crippen molar-refractivity contribution in [1.29, 1.82) is 0 Å². The van der Waals surface area contributed by atoms with E-state index in [1.807, 2.05) is 29.2 Å². The molecule has 5 nitrogen and oxygen atoms in total. The summed E-state index contributed by atoms with van der Waals surface area (Å²) in [4.78, 5) is 32.2. The number of para-hydroxylation sites is 1. The first-order valence-electron chi connectivity index (χ1n) is 9.95. The quantitative estimate of drug-likeness (QED) is 0.778. The fraction of sp³-hybridized carbons (Fsp3) is 0.500. The van der Waals surface area contributed by atoms with Crippen molar-refractivity contribution in [2.24, 2.45) is 0 Å². The Morgan fingerprint density at radius 2 is 1.85 bits per heavy atom. The number of esters is 1. The van der Waals surface area contributed by atoms with Gasteiger partial charge in [0.25, 0.3) is 5.91 Å². The summed E-state index contributed by atoms with van der Waals surface area (Å²) in [6, 6.07) is 8.07. The van der Waals surface area contributed by atoms with Crippen molar-refractivity contribution < 1.29 is 14.3 Å². The third-order valence-corrected chi connectivity index (χ3v) is 5.93. The molecule has 2 aliphatic rings. The number of piperidine rings is 1. The molecule has 1 aromatic heterocycles. The molecule has 27 heavy (non-hydrogen) atoms. The van der Waals surface area contributed by atoms with Gasteiger partial charge in [-0.1, -0.05) is 18.2 Å². The smallest absolute Gasteiger partial charge is 0.339 e. The Labute approximate surface area is 159 Å². The second kappa shape index (κ2) is 7.29. The van der Waals surface area contributed by atoms with E-state index < -0.39 is 5.97 Å². The number of carbonyl (C=O) groups excluding carboxylic acids is 2. The van der Waals surface area contributed by atoms with E-state index in [0.29, 0.717) is 5.56 Å². The Kier molecular flexibility index (Phi) is 4.85. The first-order valence-corrected chi connectivity index (χ1v) is 9.95. The molecule has 0 bridgehead atoms. The summed E-state index contributed by atoms with van der Waals surface area (Å²) >= 11 is 0. The summed E-state index contributed by atoms with van der Waals surface area (Å²) in [6.45, 7) is 3.94. The Morgan fingerprint density at radius 1 is 1.11 bits per heavy atom. The summed E-state index contributed by atoms with van der Waals surface area (Å²) in [6.07, 6.45) is 5.88. The molecular weight excluding hydrogens is 340 g/mol. The SMILES string of the molecule is C[C@@H]1CCC[C@@H](C)N1C(=O)COC(=O)c1c2c(nc3ccccc13)CCC2. The van der Waals surface area contributed by atoms with Crippen LogP contribution in [0.5, 0.6) is 0 Å². The molecule has 1 fully saturated rings. The van der Waals surface area contributed by atoms with Crippen LogP contribution in [0.25, 0.3) is 10.9 Å². The Hall–Kier alpha value is -2.43. The number of benzene rings is 1. The minimum absolute atomic E-state index is 0.0990. The van der Waals surface area contributed by atoms with Crippen LogP contribution in [0.4, 0.5) is 0 Å². The monoisotopic (exact) mass is 366 g/mol. The number of carbonyl (C=O) groups is 2. The van der Waals surface area contributed by atoms with Crippen LogP contribution < -0.4 is 0 Å². The lowest BCUT2D eigenvalue weighted by atomic mass is 9.97. The van der Waals surface area contributed by atoms with Crippen molar-refractivity contribution in [3.63, 3.8) is 0 Å². The van der Waals surface area contributed by atoms with E-state index in [0.717, 1.165) is 60.7 Å². The van der Waals surface area contributed by atoms with Gasteiger partial charge in [-0.3, -0.25) is 9.78 Å². The van der Waals surface area contributed by atoms with E-state index in [9.17, 15) is 9.59 Å². The van der Waals surface area contributed by atoms with Crippen LogP contribution >= 0.6 is 0 Å². The molecule has 2 aromatic rings. The molecule has 1 aliphatic carbocycles. The molecule has 1 amide bonds. The van der Waals surface area contributed by atoms with Gasteiger partial charge in [0.2, 0.25) is 0 Å². The van der Waals surface area contributed by atoms with Gasteiger partial charge in [-0.25, -0.2) is 4.79 Å². The average molecular weight is 366 g/mol. The van der Waals surface area contributed by atoms with Crippen molar-refractivity contribution in [3.05, 3.63) is 41.1 Å². The van der Waals surface area contributed by atoms with E-state index in [1.54, 1.807) is 0 Å². The number of pyridine rings is 1. The lowest BCUT2D eigenvalue weighted by Gasteiger charge is -2.38. The summed E-state index contributed by atoms with van der Waals surface area (Å²) in [5, 5.41) is 0.815. The fourth-order valence-corrected chi connectivity index (χ4v) is 4.63. The lowest BCUT2D eigenvalue weighted by Crippen LogP contribution is -2.49. The van der Waals surface area contributed by atoms with Crippen LogP contribution in [0, 0.1) is 0 Å². The third kappa shape index (κ3) is 3.31. The van der Waals surface area contributed by atoms with E-state index in [2.05, 4.69) is 13.8 Å². The molecule has 1 aromatic carbocycles. The standard InChI is InChI=1S/C22H26N2O3/c1-14-7-5-8-15(2)24(14)20(25)13-27-22(26)21-16-9-3-4-11-18(16)23-19-12-6-10-17(19)21/h3-4,9,11,14-15H,5-8,10,12-13H2,1-2H3/t14-,15-/m1/s1. The molecule has 5 heteroatoms. The maximum Gasteiger partial charge on any atom is 0.339 e. The van der Waals surface area contributed by atoms with Crippen LogP contribution in [-0.2, 0) is 22.4 Å². The number of nitrogens with zero attached hydrogens (tertiary/aromatic N) is 2. The minimum Gasteiger partial charge on any atom is -0.452 e. The summed E-state index contributed by atoms with van der Waals surface area (Å²) in [5.74, 6) is -0.504. The molecular formula is C22H26N2O3. The highest BCUT2D eigenvalue weighted by molar-refractivity contribution is 6.05. The predicted octanol–water partition coefficient (Wildman–Crippen LogP) is 3.67. The van der Waals surface area contributed by atoms with Crippen LogP contribution in [0.3, 0.4) is 0 Å². The first-order chi connectivity index (χ1) is 13.1. The van der Waals surface area contributed by atoms with Gasteiger partial charge < -0.3 is 9.64 Å². The van der Waals surface area contributed by atoms with Crippen molar-refractivity contribution in [1.82, 2.24) is 9.88 Å². The third-order valence-electron chi connectivity index (χ3n) is 5.93. The van der Waals surface area contributed by atoms with Crippen LogP contribution in [0.1, 0.15) is 61.1 Å². The molecule has 0 radical (unpaired) electrons. The normalized spacial score (nSPS) is 21.9. The molecule has 2 heterocycles. The number of ether oxygens (including phenoxy) is 1. The van der Waals surface area contributed by atoms with Crippen molar-refractivity contribution in [2.75, 3.05) is 6.61 Å². The second-order valence-electron chi connectivity index (χ2n) is 7.79. The zero-order valence-electron chi connectivity index (χ0n) is 16.0. The van der Waals surface area contributed by atoms with Gasteiger partial charge in [-0.15, -0.1) is 0 Å². The molecule has 2 atom stereocenters. The Balaban J connectivity index is 1.56. The number of aromatic nitrogens is 1. The average Bonchev–Trinajstić information content (AvgIpc) is 3.11. The lowest BCUT2D eigenvalue weighted by molar-refractivity contribution is -0.140. The number of aryl methyl sites for hydroxylation is 1. The zero-order valence-corrected chi connectivity index (χ0v) is 16.0. The van der Waals surface area contributed by atoms with Crippen molar-refractivity contribution in [3.8, 4) is 0 Å². The maximum atomic E-state index is 12.9. The number of likely N-dealkylation sites (tertiary alicyclic amines) is 1. The van der Waals surface area contributed by atoms with Crippen LogP contribution in [-0.4, -0.2) is 40.5 Å². The number of amides is 1. The van der Waals surface area contributed by atoms with E-state index in [-0.39, 0.29) is 24.6 Å². The van der Waals surface area contributed by atoms with Crippen molar-refractivity contribution in [2.45, 2.75) is 64.5 Å².